The largest absolute Gasteiger partial charge is 0.389 e. The van der Waals surface area contributed by atoms with Crippen LogP contribution in [0.15, 0.2) is 22.7 Å². The highest BCUT2D eigenvalue weighted by Gasteiger charge is 2.06. The fraction of sp³-hybridized carbons (Fsp3) is 0.625. The molecule has 4 nitrogen and oxygen atoms in total. The minimum Gasteiger partial charge on any atom is -0.389 e. The van der Waals surface area contributed by atoms with Gasteiger partial charge in [-0.3, -0.25) is 0 Å². The van der Waals surface area contributed by atoms with Gasteiger partial charge in [-0.15, -0.1) is 0 Å². The number of aryl methyl sites for hydroxylation is 1. The summed E-state index contributed by atoms with van der Waals surface area (Å²) in [5.74, 6) is 0. The standard InChI is InChI=1S/C16H26BrNO3/c1-3-4-8-20-9-10-21-12-14(19)11-18-15-7-5-6-13(2)16(15)17/h5-7,14,18-19H,3-4,8-12H2,1-2H3. The molecule has 0 heterocycles. The van der Waals surface area contributed by atoms with Crippen LogP contribution in [-0.2, 0) is 9.47 Å². The Morgan fingerprint density at radius 1 is 1.24 bits per heavy atom. The molecule has 1 rings (SSSR count). The third-order valence-corrected chi connectivity index (χ3v) is 4.10. The summed E-state index contributed by atoms with van der Waals surface area (Å²) < 4.78 is 11.8. The summed E-state index contributed by atoms with van der Waals surface area (Å²) in [6.07, 6.45) is 1.69. The molecular weight excluding hydrogens is 334 g/mol. The molecule has 0 spiro atoms. The third-order valence-electron chi connectivity index (χ3n) is 3.04. The Morgan fingerprint density at radius 3 is 2.76 bits per heavy atom. The summed E-state index contributed by atoms with van der Waals surface area (Å²) in [4.78, 5) is 0. The van der Waals surface area contributed by atoms with E-state index in [2.05, 4.69) is 28.2 Å². The Balaban J connectivity index is 2.11. The molecule has 2 N–H and O–H groups in total. The van der Waals surface area contributed by atoms with E-state index in [4.69, 9.17) is 9.47 Å². The third kappa shape index (κ3) is 7.81. The number of ether oxygens (including phenoxy) is 2. The van der Waals surface area contributed by atoms with Crippen molar-refractivity contribution >= 4 is 21.6 Å². The summed E-state index contributed by atoms with van der Waals surface area (Å²) in [6, 6.07) is 6.00. The predicted molar refractivity (Wildman–Crippen MR) is 89.9 cm³/mol. The highest BCUT2D eigenvalue weighted by Crippen LogP contribution is 2.25. The number of nitrogens with one attached hydrogen (secondary N) is 1. The van der Waals surface area contributed by atoms with Gasteiger partial charge in [-0.2, -0.15) is 0 Å². The monoisotopic (exact) mass is 359 g/mol. The number of rotatable bonds is 11. The summed E-state index contributed by atoms with van der Waals surface area (Å²) in [5, 5.41) is 13.1. The molecule has 1 aromatic rings. The lowest BCUT2D eigenvalue weighted by molar-refractivity contribution is 0.00749. The van der Waals surface area contributed by atoms with Crippen LogP contribution in [-0.4, -0.2) is 44.2 Å². The van der Waals surface area contributed by atoms with Crippen molar-refractivity contribution in [2.45, 2.75) is 32.8 Å². The lowest BCUT2D eigenvalue weighted by Crippen LogP contribution is -2.25. The number of anilines is 1. The normalized spacial score (nSPS) is 12.4. The highest BCUT2D eigenvalue weighted by molar-refractivity contribution is 9.10. The SMILES string of the molecule is CCCCOCCOCC(O)CNc1cccc(C)c1Br. The molecule has 0 radical (unpaired) electrons. The van der Waals surface area contributed by atoms with E-state index >= 15 is 0 Å². The Hall–Kier alpha value is -0.620. The van der Waals surface area contributed by atoms with Crippen molar-refractivity contribution in [2.75, 3.05) is 38.3 Å². The smallest absolute Gasteiger partial charge is 0.0945 e. The van der Waals surface area contributed by atoms with Gasteiger partial charge in [-0.25, -0.2) is 0 Å². The number of unbranched alkanes of at least 4 members (excludes halogenated alkanes) is 1. The van der Waals surface area contributed by atoms with Crippen molar-refractivity contribution in [1.29, 1.82) is 0 Å². The zero-order chi connectivity index (χ0) is 15.5. The molecule has 5 heteroatoms. The van der Waals surface area contributed by atoms with E-state index in [1.807, 2.05) is 25.1 Å². The maximum Gasteiger partial charge on any atom is 0.0945 e. The first-order valence-corrected chi connectivity index (χ1v) is 8.27. The number of hydrogen-bond acceptors (Lipinski definition) is 4. The fourth-order valence-electron chi connectivity index (χ4n) is 1.76. The van der Waals surface area contributed by atoms with Gasteiger partial charge in [-0.05, 0) is 40.9 Å². The van der Waals surface area contributed by atoms with E-state index in [1.165, 1.54) is 0 Å². The molecule has 0 saturated heterocycles. The van der Waals surface area contributed by atoms with Gasteiger partial charge in [0, 0.05) is 23.3 Å². The van der Waals surface area contributed by atoms with Crippen molar-refractivity contribution < 1.29 is 14.6 Å². The molecule has 0 aliphatic rings. The topological polar surface area (TPSA) is 50.7 Å². The molecule has 1 atom stereocenters. The summed E-state index contributed by atoms with van der Waals surface area (Å²) in [7, 11) is 0. The Bertz CT molecular complexity index is 401. The van der Waals surface area contributed by atoms with Crippen LogP contribution in [0.25, 0.3) is 0 Å². The Morgan fingerprint density at radius 2 is 2.00 bits per heavy atom. The van der Waals surface area contributed by atoms with E-state index in [9.17, 15) is 5.11 Å². The Kier molecular flexibility index (Phi) is 9.67. The van der Waals surface area contributed by atoms with Crippen LogP contribution in [0, 0.1) is 6.92 Å². The predicted octanol–water partition coefficient (Wildman–Crippen LogP) is 3.36. The molecule has 120 valence electrons. The van der Waals surface area contributed by atoms with Gasteiger partial charge in [0.05, 0.1) is 25.9 Å². The second-order valence-electron chi connectivity index (χ2n) is 5.01. The van der Waals surface area contributed by atoms with Crippen molar-refractivity contribution in [1.82, 2.24) is 0 Å². The van der Waals surface area contributed by atoms with Crippen LogP contribution in [0.3, 0.4) is 0 Å². The molecule has 0 fully saturated rings. The molecule has 0 aromatic heterocycles. The van der Waals surface area contributed by atoms with Crippen molar-refractivity contribution in [2.24, 2.45) is 0 Å². The van der Waals surface area contributed by atoms with E-state index in [1.54, 1.807) is 0 Å². The number of benzene rings is 1. The number of halogens is 1. The highest BCUT2D eigenvalue weighted by atomic mass is 79.9. The number of hydrogen-bond donors (Lipinski definition) is 2. The second kappa shape index (κ2) is 11.0. The molecule has 1 aromatic carbocycles. The van der Waals surface area contributed by atoms with Gasteiger partial charge in [-0.1, -0.05) is 25.5 Å². The zero-order valence-electron chi connectivity index (χ0n) is 12.9. The number of aliphatic hydroxyl groups excluding tert-OH is 1. The first-order valence-electron chi connectivity index (χ1n) is 7.47. The summed E-state index contributed by atoms with van der Waals surface area (Å²) in [5.41, 5.74) is 2.15. The van der Waals surface area contributed by atoms with Gasteiger partial charge in [0.1, 0.15) is 0 Å². The van der Waals surface area contributed by atoms with Crippen LogP contribution < -0.4 is 5.32 Å². The minimum absolute atomic E-state index is 0.313. The Labute approximate surface area is 136 Å². The first kappa shape index (κ1) is 18.4. The van der Waals surface area contributed by atoms with Crippen molar-refractivity contribution in [3.05, 3.63) is 28.2 Å². The van der Waals surface area contributed by atoms with Crippen LogP contribution in [0.2, 0.25) is 0 Å². The summed E-state index contributed by atoms with van der Waals surface area (Å²) >= 11 is 3.53. The van der Waals surface area contributed by atoms with Gasteiger partial charge < -0.3 is 19.9 Å². The van der Waals surface area contributed by atoms with E-state index in [-0.39, 0.29) is 0 Å². The molecule has 0 aliphatic carbocycles. The van der Waals surface area contributed by atoms with Gasteiger partial charge in [0.25, 0.3) is 0 Å². The maximum absolute atomic E-state index is 9.87. The van der Waals surface area contributed by atoms with E-state index < -0.39 is 6.10 Å². The average Bonchev–Trinajstić information content (AvgIpc) is 2.48. The molecule has 0 saturated carbocycles. The number of aliphatic hydroxyl groups is 1. The van der Waals surface area contributed by atoms with Gasteiger partial charge >= 0.3 is 0 Å². The first-order chi connectivity index (χ1) is 10.1. The fourth-order valence-corrected chi connectivity index (χ4v) is 2.16. The van der Waals surface area contributed by atoms with Gasteiger partial charge in [0.15, 0.2) is 0 Å². The average molecular weight is 360 g/mol. The quantitative estimate of drug-likeness (QED) is 0.594. The lowest BCUT2D eigenvalue weighted by atomic mass is 10.2. The van der Waals surface area contributed by atoms with Crippen LogP contribution in [0.5, 0.6) is 0 Å². The second-order valence-corrected chi connectivity index (χ2v) is 5.81. The minimum atomic E-state index is -0.534. The van der Waals surface area contributed by atoms with Crippen molar-refractivity contribution in [3.63, 3.8) is 0 Å². The van der Waals surface area contributed by atoms with E-state index in [0.29, 0.717) is 26.4 Å². The zero-order valence-corrected chi connectivity index (χ0v) is 14.5. The van der Waals surface area contributed by atoms with Crippen molar-refractivity contribution in [3.8, 4) is 0 Å². The molecular formula is C16H26BrNO3. The van der Waals surface area contributed by atoms with Crippen LogP contribution in [0.1, 0.15) is 25.3 Å². The lowest BCUT2D eigenvalue weighted by Gasteiger charge is -2.15. The molecule has 21 heavy (non-hydrogen) atoms. The van der Waals surface area contributed by atoms with E-state index in [0.717, 1.165) is 35.2 Å². The molecule has 0 aliphatic heterocycles. The van der Waals surface area contributed by atoms with Crippen LogP contribution in [0.4, 0.5) is 5.69 Å². The molecule has 1 unspecified atom stereocenters. The van der Waals surface area contributed by atoms with Gasteiger partial charge in [0.2, 0.25) is 0 Å². The maximum atomic E-state index is 9.87. The van der Waals surface area contributed by atoms with Crippen LogP contribution >= 0.6 is 15.9 Å². The summed E-state index contributed by atoms with van der Waals surface area (Å²) in [6.45, 7) is 6.83. The molecule has 0 amide bonds. The molecule has 0 bridgehead atoms.